The summed E-state index contributed by atoms with van der Waals surface area (Å²) in [5.41, 5.74) is 0. The van der Waals surface area contributed by atoms with E-state index in [1.54, 1.807) is 0 Å². The molecule has 2 N–H and O–H groups in total. The van der Waals surface area contributed by atoms with Gasteiger partial charge in [-0.05, 0) is 24.5 Å². The smallest absolute Gasteiger partial charge is 0.293 e. The molecule has 1 aromatic rings. The third-order valence-electron chi connectivity index (χ3n) is 2.97. The Labute approximate surface area is 85.6 Å². The zero-order chi connectivity index (χ0) is 10.3. The lowest BCUT2D eigenvalue weighted by molar-refractivity contribution is 0.0833. The van der Waals surface area contributed by atoms with Crippen LogP contribution in [0, 0.1) is 0 Å². The molecule has 0 aliphatic carbocycles. The minimum Gasteiger partial charge on any atom is -0.373 e. The monoisotopic (exact) mass is 209 g/mol. The van der Waals surface area contributed by atoms with Crippen molar-refractivity contribution < 1.29 is 9.53 Å². The van der Waals surface area contributed by atoms with Crippen molar-refractivity contribution in [1.82, 2.24) is 25.9 Å². The highest BCUT2D eigenvalue weighted by atomic mass is 16.5. The number of fused-ring (bicyclic) bond motifs is 2. The molecule has 80 valence electrons. The van der Waals surface area contributed by atoms with Crippen LogP contribution in [0.25, 0.3) is 0 Å². The number of nitrogens with zero attached hydrogens (tertiary/aromatic N) is 3. The lowest BCUT2D eigenvalue weighted by Crippen LogP contribution is -2.41. The zero-order valence-corrected chi connectivity index (χ0v) is 8.01. The topological polar surface area (TPSA) is 92.8 Å². The van der Waals surface area contributed by atoms with Gasteiger partial charge in [-0.2, -0.15) is 5.21 Å². The summed E-state index contributed by atoms with van der Waals surface area (Å²) in [6.07, 6.45) is 3.53. The average molecular weight is 209 g/mol. The first kappa shape index (κ1) is 8.78. The molecule has 7 nitrogen and oxygen atoms in total. The Kier molecular flexibility index (Phi) is 1.91. The van der Waals surface area contributed by atoms with Crippen molar-refractivity contribution in [3.05, 3.63) is 5.82 Å². The second kappa shape index (κ2) is 3.27. The third-order valence-corrected chi connectivity index (χ3v) is 2.97. The quantitative estimate of drug-likeness (QED) is 0.668. The molecule has 15 heavy (non-hydrogen) atoms. The number of carbonyl (C=O) groups is 1. The van der Waals surface area contributed by atoms with Crippen molar-refractivity contribution >= 4 is 5.91 Å². The van der Waals surface area contributed by atoms with Gasteiger partial charge in [-0.3, -0.25) is 4.79 Å². The van der Waals surface area contributed by atoms with Crippen LogP contribution in [0.4, 0.5) is 0 Å². The van der Waals surface area contributed by atoms with Crippen LogP contribution < -0.4 is 5.32 Å². The maximum absolute atomic E-state index is 11.6. The number of hydrogen-bond donors (Lipinski definition) is 2. The fraction of sp³-hybridized carbons (Fsp3) is 0.750. The molecule has 0 spiro atoms. The zero-order valence-electron chi connectivity index (χ0n) is 8.01. The normalized spacial score (nSPS) is 33.2. The number of nitrogens with one attached hydrogen (secondary N) is 2. The Bertz CT molecular complexity index is 365. The summed E-state index contributed by atoms with van der Waals surface area (Å²) in [5, 5.41) is 15.7. The number of tetrazole rings is 1. The summed E-state index contributed by atoms with van der Waals surface area (Å²) in [6.45, 7) is 0. The number of carbonyl (C=O) groups excluding carboxylic acids is 1. The molecule has 3 heterocycles. The molecule has 1 aromatic heterocycles. The summed E-state index contributed by atoms with van der Waals surface area (Å²) < 4.78 is 5.62. The second-order valence-electron chi connectivity index (χ2n) is 3.92. The van der Waals surface area contributed by atoms with Gasteiger partial charge in [0.25, 0.3) is 11.7 Å². The van der Waals surface area contributed by atoms with E-state index in [1.807, 2.05) is 0 Å². The van der Waals surface area contributed by atoms with Gasteiger partial charge in [-0.15, -0.1) is 10.2 Å². The van der Waals surface area contributed by atoms with Crippen molar-refractivity contribution in [2.24, 2.45) is 0 Å². The number of rotatable bonds is 2. The Morgan fingerprint density at radius 1 is 1.53 bits per heavy atom. The molecule has 1 amide bonds. The number of amides is 1. The molecule has 3 atom stereocenters. The van der Waals surface area contributed by atoms with Gasteiger partial charge in [0.15, 0.2) is 0 Å². The van der Waals surface area contributed by atoms with Crippen molar-refractivity contribution in [3.63, 3.8) is 0 Å². The lowest BCUT2D eigenvalue weighted by Gasteiger charge is -2.18. The minimum atomic E-state index is -0.287. The van der Waals surface area contributed by atoms with Gasteiger partial charge in [-0.1, -0.05) is 0 Å². The van der Waals surface area contributed by atoms with Crippen molar-refractivity contribution in [1.29, 1.82) is 0 Å². The Hall–Kier alpha value is -1.50. The van der Waals surface area contributed by atoms with Gasteiger partial charge >= 0.3 is 0 Å². The molecular formula is C8H11N5O2. The number of H-pyrrole nitrogens is 1. The molecule has 0 aromatic carbocycles. The van der Waals surface area contributed by atoms with E-state index >= 15 is 0 Å². The minimum absolute atomic E-state index is 0.0813. The van der Waals surface area contributed by atoms with Gasteiger partial charge in [0, 0.05) is 0 Å². The highest BCUT2D eigenvalue weighted by Crippen LogP contribution is 2.34. The van der Waals surface area contributed by atoms with Gasteiger partial charge in [0.2, 0.25) is 0 Å². The van der Waals surface area contributed by atoms with Crippen molar-refractivity contribution in [3.8, 4) is 0 Å². The number of hydrogen-bond acceptors (Lipinski definition) is 5. The highest BCUT2D eigenvalue weighted by Gasteiger charge is 2.41. The van der Waals surface area contributed by atoms with Crippen LogP contribution in [0.5, 0.6) is 0 Å². The van der Waals surface area contributed by atoms with Crippen LogP contribution >= 0.6 is 0 Å². The molecule has 3 rings (SSSR count). The van der Waals surface area contributed by atoms with E-state index in [2.05, 4.69) is 25.9 Å². The molecule has 0 radical (unpaired) electrons. The van der Waals surface area contributed by atoms with E-state index in [0.29, 0.717) is 6.10 Å². The molecule has 7 heteroatoms. The largest absolute Gasteiger partial charge is 0.373 e. The van der Waals surface area contributed by atoms with Gasteiger partial charge in [-0.25, -0.2) is 0 Å². The summed E-state index contributed by atoms with van der Waals surface area (Å²) >= 11 is 0. The van der Waals surface area contributed by atoms with Gasteiger partial charge < -0.3 is 10.1 Å². The van der Waals surface area contributed by atoms with Crippen molar-refractivity contribution in [2.75, 3.05) is 0 Å². The Morgan fingerprint density at radius 2 is 2.47 bits per heavy atom. The highest BCUT2D eigenvalue weighted by molar-refractivity contribution is 5.90. The summed E-state index contributed by atoms with van der Waals surface area (Å²) in [6, 6.07) is 0.106. The molecule has 2 fully saturated rings. The van der Waals surface area contributed by atoms with E-state index in [0.717, 1.165) is 19.3 Å². The third kappa shape index (κ3) is 1.48. The van der Waals surface area contributed by atoms with E-state index in [4.69, 9.17) is 4.74 Å². The maximum atomic E-state index is 11.6. The number of aromatic nitrogens is 4. The molecule has 0 saturated carbocycles. The van der Waals surface area contributed by atoms with Crippen LogP contribution in [0.1, 0.15) is 29.9 Å². The van der Waals surface area contributed by atoms with E-state index in [1.165, 1.54) is 0 Å². The fourth-order valence-electron chi connectivity index (χ4n) is 2.28. The summed E-state index contributed by atoms with van der Waals surface area (Å²) in [4.78, 5) is 11.6. The first-order valence-corrected chi connectivity index (χ1v) is 5.02. The second-order valence-corrected chi connectivity index (χ2v) is 3.92. The standard InChI is InChI=1S/C8H11N5O2/c14-8(7-10-12-13-11-7)9-5-3-4-1-2-6(5)15-4/h4-6H,1-3H2,(H,9,14)(H,10,11,12,13). The molecule has 2 aliphatic rings. The SMILES string of the molecule is O=C(NC1CC2CCC1O2)c1nn[nH]n1. The molecule has 2 saturated heterocycles. The van der Waals surface area contributed by atoms with Crippen LogP contribution in [0.2, 0.25) is 0 Å². The number of aromatic amines is 1. The molecule has 2 bridgehead atoms. The summed E-state index contributed by atoms with van der Waals surface area (Å²) in [5.74, 6) is -0.206. The van der Waals surface area contributed by atoms with Crippen LogP contribution in [0.3, 0.4) is 0 Å². The average Bonchev–Trinajstić information content (AvgIpc) is 2.95. The maximum Gasteiger partial charge on any atom is 0.293 e. The Balaban J connectivity index is 1.64. The first-order chi connectivity index (χ1) is 7.33. The Morgan fingerprint density at radius 3 is 3.07 bits per heavy atom. The van der Waals surface area contributed by atoms with E-state index in [9.17, 15) is 4.79 Å². The van der Waals surface area contributed by atoms with Crippen LogP contribution in [-0.4, -0.2) is 44.8 Å². The van der Waals surface area contributed by atoms with Crippen LogP contribution in [0.15, 0.2) is 0 Å². The van der Waals surface area contributed by atoms with Crippen molar-refractivity contribution in [2.45, 2.75) is 37.5 Å². The lowest BCUT2D eigenvalue weighted by atomic mass is 9.95. The van der Waals surface area contributed by atoms with E-state index < -0.39 is 0 Å². The first-order valence-electron chi connectivity index (χ1n) is 5.02. The van der Waals surface area contributed by atoms with Crippen LogP contribution in [-0.2, 0) is 4.74 Å². The number of ether oxygens (including phenoxy) is 1. The van der Waals surface area contributed by atoms with E-state index in [-0.39, 0.29) is 23.9 Å². The molecule has 3 unspecified atom stereocenters. The molecular weight excluding hydrogens is 198 g/mol. The predicted octanol–water partition coefficient (Wildman–Crippen LogP) is -0.751. The predicted molar refractivity (Wildman–Crippen MR) is 47.9 cm³/mol. The van der Waals surface area contributed by atoms with Gasteiger partial charge in [0.05, 0.1) is 18.2 Å². The summed E-state index contributed by atoms with van der Waals surface area (Å²) in [7, 11) is 0. The fourth-order valence-corrected chi connectivity index (χ4v) is 2.28. The van der Waals surface area contributed by atoms with Gasteiger partial charge in [0.1, 0.15) is 0 Å². The molecule has 2 aliphatic heterocycles.